The maximum atomic E-state index is 9.28. The van der Waals surface area contributed by atoms with Gasteiger partial charge in [-0.2, -0.15) is 0 Å². The van der Waals surface area contributed by atoms with Gasteiger partial charge in [0.2, 0.25) is 5.88 Å². The number of nitrogens with zero attached hydrogens (tertiary/aromatic N) is 2. The Balaban J connectivity index is 1.78. The normalized spacial score (nSPS) is 15.9. The standard InChI is InChI=1S/C17H21ClN2O3/c1-11(2)23-15-8-16(22-7-6-20-9-12(21)10-20)19-17-13(15)4-3-5-14(17)18/h3-5,8,11-12,21H,6-7,9-10H2,1-2H3. The lowest BCUT2D eigenvalue weighted by Gasteiger charge is -2.35. The van der Waals surface area contributed by atoms with Crippen molar-refractivity contribution >= 4 is 22.5 Å². The van der Waals surface area contributed by atoms with Crippen molar-refractivity contribution in [2.45, 2.75) is 26.1 Å². The number of fused-ring (bicyclic) bond motifs is 1. The van der Waals surface area contributed by atoms with Crippen LogP contribution in [-0.2, 0) is 0 Å². The number of rotatable bonds is 6. The first kappa shape index (κ1) is 16.3. The second-order valence-corrected chi connectivity index (χ2v) is 6.43. The summed E-state index contributed by atoms with van der Waals surface area (Å²) >= 11 is 6.26. The molecule has 1 aliphatic rings. The Hall–Kier alpha value is -1.56. The van der Waals surface area contributed by atoms with Crippen LogP contribution >= 0.6 is 11.6 Å². The third-order valence-corrected chi connectivity index (χ3v) is 3.99. The first-order valence-corrected chi connectivity index (χ1v) is 8.20. The number of likely N-dealkylation sites (tertiary alicyclic amines) is 1. The summed E-state index contributed by atoms with van der Waals surface area (Å²) in [4.78, 5) is 6.63. The fraction of sp³-hybridized carbons (Fsp3) is 0.471. The van der Waals surface area contributed by atoms with Crippen molar-refractivity contribution in [2.24, 2.45) is 0 Å². The van der Waals surface area contributed by atoms with Crippen LogP contribution in [0.2, 0.25) is 5.02 Å². The predicted octanol–water partition coefficient (Wildman–Crippen LogP) is 2.73. The van der Waals surface area contributed by atoms with Gasteiger partial charge in [-0.3, -0.25) is 4.90 Å². The number of β-amino-alcohol motifs (C(OH)–C–C–N with tert-alkyl or cyclic N) is 1. The number of hydrogen-bond donors (Lipinski definition) is 1. The number of pyridine rings is 1. The van der Waals surface area contributed by atoms with Crippen LogP contribution in [0.5, 0.6) is 11.6 Å². The second-order valence-electron chi connectivity index (χ2n) is 6.02. The predicted molar refractivity (Wildman–Crippen MR) is 90.5 cm³/mol. The summed E-state index contributed by atoms with van der Waals surface area (Å²) in [6.07, 6.45) is -0.145. The maximum Gasteiger partial charge on any atom is 0.217 e. The molecule has 1 aromatic heterocycles. The highest BCUT2D eigenvalue weighted by Gasteiger charge is 2.23. The van der Waals surface area contributed by atoms with Crippen molar-refractivity contribution in [3.8, 4) is 11.6 Å². The molecule has 5 nitrogen and oxygen atoms in total. The molecule has 2 heterocycles. The highest BCUT2D eigenvalue weighted by Crippen LogP contribution is 2.33. The Labute approximate surface area is 140 Å². The summed E-state index contributed by atoms with van der Waals surface area (Å²) in [6, 6.07) is 7.44. The fourth-order valence-electron chi connectivity index (χ4n) is 2.59. The molecule has 124 valence electrons. The Morgan fingerprint density at radius 3 is 2.87 bits per heavy atom. The van der Waals surface area contributed by atoms with Gasteiger partial charge in [0.15, 0.2) is 0 Å². The summed E-state index contributed by atoms with van der Waals surface area (Å²) in [5, 5.41) is 10.7. The van der Waals surface area contributed by atoms with Gasteiger partial charge in [0.25, 0.3) is 0 Å². The molecule has 0 spiro atoms. The SMILES string of the molecule is CC(C)Oc1cc(OCCN2CC(O)C2)nc2c(Cl)cccc12. The van der Waals surface area contributed by atoms with E-state index in [1.54, 1.807) is 6.07 Å². The van der Waals surface area contributed by atoms with Gasteiger partial charge in [0.05, 0.1) is 22.7 Å². The highest BCUT2D eigenvalue weighted by molar-refractivity contribution is 6.35. The minimum Gasteiger partial charge on any atom is -0.490 e. The van der Waals surface area contributed by atoms with Gasteiger partial charge in [-0.25, -0.2) is 4.98 Å². The molecular formula is C17H21ClN2O3. The number of aliphatic hydroxyl groups excluding tert-OH is 1. The average molecular weight is 337 g/mol. The van der Waals surface area contributed by atoms with Gasteiger partial charge in [-0.15, -0.1) is 0 Å². The quantitative estimate of drug-likeness (QED) is 0.879. The van der Waals surface area contributed by atoms with Crippen LogP contribution < -0.4 is 9.47 Å². The molecule has 0 aliphatic carbocycles. The monoisotopic (exact) mass is 336 g/mol. The molecule has 1 aromatic carbocycles. The molecule has 0 radical (unpaired) electrons. The van der Waals surface area contributed by atoms with Gasteiger partial charge in [0, 0.05) is 31.1 Å². The summed E-state index contributed by atoms with van der Waals surface area (Å²) in [7, 11) is 0. The van der Waals surface area contributed by atoms with E-state index in [4.69, 9.17) is 21.1 Å². The molecule has 1 aliphatic heterocycles. The van der Waals surface area contributed by atoms with E-state index < -0.39 is 0 Å². The molecule has 1 saturated heterocycles. The average Bonchev–Trinajstić information content (AvgIpc) is 2.46. The molecule has 2 aromatic rings. The van der Waals surface area contributed by atoms with Gasteiger partial charge >= 0.3 is 0 Å². The summed E-state index contributed by atoms with van der Waals surface area (Å²) < 4.78 is 11.6. The third-order valence-electron chi connectivity index (χ3n) is 3.69. The van der Waals surface area contributed by atoms with Crippen molar-refractivity contribution in [1.82, 2.24) is 9.88 Å². The van der Waals surface area contributed by atoms with E-state index in [2.05, 4.69) is 9.88 Å². The zero-order valence-corrected chi connectivity index (χ0v) is 14.1. The lowest BCUT2D eigenvalue weighted by atomic mass is 10.2. The Morgan fingerprint density at radius 2 is 2.17 bits per heavy atom. The van der Waals surface area contributed by atoms with E-state index >= 15 is 0 Å². The van der Waals surface area contributed by atoms with Crippen LogP contribution in [0.4, 0.5) is 0 Å². The first-order valence-electron chi connectivity index (χ1n) is 7.82. The van der Waals surface area contributed by atoms with Crippen LogP contribution in [0, 0.1) is 0 Å². The number of halogens is 1. The molecule has 0 bridgehead atoms. The summed E-state index contributed by atoms with van der Waals surface area (Å²) in [5.41, 5.74) is 0.682. The van der Waals surface area contributed by atoms with Gasteiger partial charge < -0.3 is 14.6 Å². The lowest BCUT2D eigenvalue weighted by Crippen LogP contribution is -2.51. The van der Waals surface area contributed by atoms with E-state index in [-0.39, 0.29) is 12.2 Å². The number of aliphatic hydroxyl groups is 1. The minimum atomic E-state index is -0.196. The van der Waals surface area contributed by atoms with Crippen LogP contribution in [0.25, 0.3) is 10.9 Å². The fourth-order valence-corrected chi connectivity index (χ4v) is 2.81. The molecule has 1 N–H and O–H groups in total. The van der Waals surface area contributed by atoms with Crippen molar-refractivity contribution in [3.63, 3.8) is 0 Å². The zero-order valence-electron chi connectivity index (χ0n) is 13.3. The molecule has 0 saturated carbocycles. The maximum absolute atomic E-state index is 9.28. The van der Waals surface area contributed by atoms with Crippen LogP contribution in [0.15, 0.2) is 24.3 Å². The minimum absolute atomic E-state index is 0.0509. The summed E-state index contributed by atoms with van der Waals surface area (Å²) in [6.45, 7) is 6.65. The first-order chi connectivity index (χ1) is 11.0. The lowest BCUT2D eigenvalue weighted by molar-refractivity contribution is -0.00411. The highest BCUT2D eigenvalue weighted by atomic mass is 35.5. The smallest absolute Gasteiger partial charge is 0.217 e. The van der Waals surface area contributed by atoms with Crippen LogP contribution in [-0.4, -0.2) is 53.4 Å². The van der Waals surface area contributed by atoms with Crippen molar-refractivity contribution in [2.75, 3.05) is 26.2 Å². The third kappa shape index (κ3) is 3.86. The number of benzene rings is 1. The van der Waals surface area contributed by atoms with Crippen molar-refractivity contribution in [1.29, 1.82) is 0 Å². The van der Waals surface area contributed by atoms with Crippen molar-refractivity contribution < 1.29 is 14.6 Å². The van der Waals surface area contributed by atoms with E-state index in [9.17, 15) is 5.11 Å². The van der Waals surface area contributed by atoms with Crippen LogP contribution in [0.3, 0.4) is 0 Å². The Kier molecular flexibility index (Phi) is 4.90. The van der Waals surface area contributed by atoms with Crippen molar-refractivity contribution in [3.05, 3.63) is 29.3 Å². The molecule has 0 atom stereocenters. The molecule has 1 fully saturated rings. The van der Waals surface area contributed by atoms with Gasteiger partial charge in [0.1, 0.15) is 12.4 Å². The number of hydrogen-bond acceptors (Lipinski definition) is 5. The zero-order chi connectivity index (χ0) is 16.4. The molecule has 0 unspecified atom stereocenters. The van der Waals surface area contributed by atoms with E-state index in [1.165, 1.54) is 0 Å². The Bertz CT molecular complexity index is 687. The second kappa shape index (κ2) is 6.91. The van der Waals surface area contributed by atoms with E-state index in [1.807, 2.05) is 32.0 Å². The molecule has 23 heavy (non-hydrogen) atoms. The largest absolute Gasteiger partial charge is 0.490 e. The molecule has 0 amide bonds. The molecule has 6 heteroatoms. The molecular weight excluding hydrogens is 316 g/mol. The Morgan fingerprint density at radius 1 is 1.39 bits per heavy atom. The molecule has 3 rings (SSSR count). The van der Waals surface area contributed by atoms with Gasteiger partial charge in [-0.1, -0.05) is 17.7 Å². The van der Waals surface area contributed by atoms with Gasteiger partial charge in [-0.05, 0) is 26.0 Å². The number of ether oxygens (including phenoxy) is 2. The summed E-state index contributed by atoms with van der Waals surface area (Å²) in [5.74, 6) is 1.23. The number of para-hydroxylation sites is 1. The van der Waals surface area contributed by atoms with E-state index in [0.717, 1.165) is 17.7 Å². The topological polar surface area (TPSA) is 54.8 Å². The number of aromatic nitrogens is 1. The van der Waals surface area contributed by atoms with Crippen LogP contribution in [0.1, 0.15) is 13.8 Å². The van der Waals surface area contributed by atoms with E-state index in [0.29, 0.717) is 36.1 Å².